The molecule has 0 atom stereocenters. The van der Waals surface area contributed by atoms with Gasteiger partial charge >= 0.3 is 0 Å². The Bertz CT molecular complexity index is 872. The maximum atomic E-state index is 5.90. The van der Waals surface area contributed by atoms with Crippen LogP contribution in [0.15, 0.2) is 54.6 Å². The summed E-state index contributed by atoms with van der Waals surface area (Å²) < 4.78 is 0. The molecule has 0 unspecified atom stereocenters. The monoisotopic (exact) mass is 360 g/mol. The lowest BCUT2D eigenvalue weighted by Crippen LogP contribution is -2.03. The van der Waals surface area contributed by atoms with Crippen LogP contribution in [0.4, 0.5) is 17.5 Å². The standard InChI is InChI=1S/C23H28N4/c1-17-12-14-20(15-13-17)25-22-16-21(26-23(24)27-22)11-5-3-4-9-19-10-7-6-8-18(19)2/h6-8,10,12-16H,3-5,9,11H2,1-2H3,(H3,24,25,26,27). The van der Waals surface area contributed by atoms with Crippen molar-refractivity contribution in [3.05, 3.63) is 77.0 Å². The fraction of sp³-hybridized carbons (Fsp3) is 0.304. The van der Waals surface area contributed by atoms with Gasteiger partial charge < -0.3 is 11.1 Å². The number of rotatable bonds is 8. The molecule has 3 aromatic rings. The maximum Gasteiger partial charge on any atom is 0.222 e. The number of hydrogen-bond donors (Lipinski definition) is 2. The fourth-order valence-corrected chi connectivity index (χ4v) is 3.18. The molecule has 27 heavy (non-hydrogen) atoms. The van der Waals surface area contributed by atoms with Gasteiger partial charge in [0.2, 0.25) is 5.95 Å². The Morgan fingerprint density at radius 2 is 1.59 bits per heavy atom. The molecule has 0 aliphatic rings. The molecule has 3 N–H and O–H groups in total. The Hall–Kier alpha value is -2.88. The van der Waals surface area contributed by atoms with Crippen LogP contribution in [0, 0.1) is 13.8 Å². The summed E-state index contributed by atoms with van der Waals surface area (Å²) in [5.74, 6) is 1.07. The van der Waals surface area contributed by atoms with E-state index in [2.05, 4.69) is 65.5 Å². The second-order valence-corrected chi connectivity index (χ2v) is 7.08. The summed E-state index contributed by atoms with van der Waals surface area (Å²) >= 11 is 0. The molecule has 1 heterocycles. The molecule has 1 aromatic heterocycles. The number of hydrogen-bond acceptors (Lipinski definition) is 4. The number of benzene rings is 2. The molecule has 4 nitrogen and oxygen atoms in total. The van der Waals surface area contributed by atoms with E-state index in [0.29, 0.717) is 5.95 Å². The first-order valence-electron chi connectivity index (χ1n) is 9.62. The first kappa shape index (κ1) is 18.9. The van der Waals surface area contributed by atoms with Gasteiger partial charge in [0, 0.05) is 17.4 Å². The average Bonchev–Trinajstić information content (AvgIpc) is 2.64. The van der Waals surface area contributed by atoms with Gasteiger partial charge in [-0.3, -0.25) is 0 Å². The molecule has 0 aliphatic carbocycles. The van der Waals surface area contributed by atoms with Crippen LogP contribution in [0.2, 0.25) is 0 Å². The predicted octanol–water partition coefficient (Wildman–Crippen LogP) is 5.37. The van der Waals surface area contributed by atoms with Gasteiger partial charge in [0.05, 0.1) is 0 Å². The molecule has 2 aromatic carbocycles. The van der Waals surface area contributed by atoms with Crippen molar-refractivity contribution in [3.63, 3.8) is 0 Å². The predicted molar refractivity (Wildman–Crippen MR) is 113 cm³/mol. The van der Waals surface area contributed by atoms with E-state index >= 15 is 0 Å². The van der Waals surface area contributed by atoms with Crippen molar-refractivity contribution in [3.8, 4) is 0 Å². The summed E-state index contributed by atoms with van der Waals surface area (Å²) in [5.41, 5.74) is 12.0. The molecule has 0 saturated heterocycles. The number of aryl methyl sites for hydroxylation is 4. The van der Waals surface area contributed by atoms with E-state index in [9.17, 15) is 0 Å². The SMILES string of the molecule is Cc1ccc(Nc2cc(CCCCCc3ccccc3C)nc(N)n2)cc1. The smallest absolute Gasteiger partial charge is 0.222 e. The summed E-state index contributed by atoms with van der Waals surface area (Å²) in [7, 11) is 0. The van der Waals surface area contributed by atoms with Crippen molar-refractivity contribution in [1.29, 1.82) is 0 Å². The van der Waals surface area contributed by atoms with Gasteiger partial charge in [0.15, 0.2) is 0 Å². The second kappa shape index (κ2) is 9.17. The quantitative estimate of drug-likeness (QED) is 0.530. The number of anilines is 3. The molecule has 0 radical (unpaired) electrons. The number of nitrogens with zero attached hydrogens (tertiary/aromatic N) is 2. The third-order valence-electron chi connectivity index (χ3n) is 4.76. The zero-order valence-electron chi connectivity index (χ0n) is 16.2. The Balaban J connectivity index is 1.50. The lowest BCUT2D eigenvalue weighted by Gasteiger charge is -2.09. The van der Waals surface area contributed by atoms with Crippen LogP contribution in [0.5, 0.6) is 0 Å². The molecular formula is C23H28N4. The highest BCUT2D eigenvalue weighted by atomic mass is 15.1. The van der Waals surface area contributed by atoms with Crippen LogP contribution >= 0.6 is 0 Å². The van der Waals surface area contributed by atoms with Gasteiger partial charge in [0.1, 0.15) is 5.82 Å². The number of unbranched alkanes of at least 4 members (excludes halogenated alkanes) is 2. The van der Waals surface area contributed by atoms with E-state index in [4.69, 9.17) is 5.73 Å². The number of nitrogens with one attached hydrogen (secondary N) is 1. The highest BCUT2D eigenvalue weighted by molar-refractivity contribution is 5.57. The van der Waals surface area contributed by atoms with Crippen LogP contribution in [-0.4, -0.2) is 9.97 Å². The number of nitrogen functional groups attached to an aromatic ring is 1. The van der Waals surface area contributed by atoms with Gasteiger partial charge in [-0.05, 0) is 62.8 Å². The third kappa shape index (κ3) is 5.81. The second-order valence-electron chi connectivity index (χ2n) is 7.08. The zero-order chi connectivity index (χ0) is 19.1. The fourth-order valence-electron chi connectivity index (χ4n) is 3.18. The number of aromatic nitrogens is 2. The lowest BCUT2D eigenvalue weighted by molar-refractivity contribution is 0.670. The summed E-state index contributed by atoms with van der Waals surface area (Å²) in [6, 6.07) is 18.8. The normalized spacial score (nSPS) is 10.7. The van der Waals surface area contributed by atoms with Crippen molar-refractivity contribution >= 4 is 17.5 Å². The largest absolute Gasteiger partial charge is 0.368 e. The van der Waals surface area contributed by atoms with Gasteiger partial charge in [-0.25, -0.2) is 4.98 Å². The number of nitrogens with two attached hydrogens (primary N) is 1. The lowest BCUT2D eigenvalue weighted by atomic mass is 10.0. The molecule has 3 rings (SSSR count). The molecule has 0 saturated carbocycles. The van der Waals surface area contributed by atoms with Gasteiger partial charge in [-0.15, -0.1) is 0 Å². The molecule has 0 fully saturated rings. The molecule has 4 heteroatoms. The van der Waals surface area contributed by atoms with E-state index in [0.717, 1.165) is 36.5 Å². The first-order chi connectivity index (χ1) is 13.1. The minimum atomic E-state index is 0.321. The topological polar surface area (TPSA) is 63.8 Å². The maximum absolute atomic E-state index is 5.90. The van der Waals surface area contributed by atoms with Gasteiger partial charge in [-0.1, -0.05) is 48.4 Å². The Kier molecular flexibility index (Phi) is 6.42. The van der Waals surface area contributed by atoms with E-state index < -0.39 is 0 Å². The van der Waals surface area contributed by atoms with E-state index in [1.807, 2.05) is 18.2 Å². The summed E-state index contributed by atoms with van der Waals surface area (Å²) in [6.07, 6.45) is 5.53. The van der Waals surface area contributed by atoms with Crippen molar-refractivity contribution < 1.29 is 0 Å². The van der Waals surface area contributed by atoms with Crippen molar-refractivity contribution in [2.75, 3.05) is 11.1 Å². The van der Waals surface area contributed by atoms with E-state index in [1.54, 1.807) is 0 Å². The van der Waals surface area contributed by atoms with Gasteiger partial charge in [0.25, 0.3) is 0 Å². The van der Waals surface area contributed by atoms with Crippen LogP contribution in [0.25, 0.3) is 0 Å². The average molecular weight is 361 g/mol. The van der Waals surface area contributed by atoms with E-state index in [1.165, 1.54) is 29.5 Å². The summed E-state index contributed by atoms with van der Waals surface area (Å²) in [4.78, 5) is 8.69. The molecular weight excluding hydrogens is 332 g/mol. The summed E-state index contributed by atoms with van der Waals surface area (Å²) in [5, 5.41) is 3.31. The Morgan fingerprint density at radius 3 is 2.37 bits per heavy atom. The first-order valence-corrected chi connectivity index (χ1v) is 9.62. The Labute approximate surface area is 161 Å². The zero-order valence-corrected chi connectivity index (χ0v) is 16.2. The molecule has 0 aliphatic heterocycles. The molecule has 0 amide bonds. The van der Waals surface area contributed by atoms with Crippen LogP contribution in [-0.2, 0) is 12.8 Å². The summed E-state index contributed by atoms with van der Waals surface area (Å²) in [6.45, 7) is 4.26. The minimum absolute atomic E-state index is 0.321. The van der Waals surface area contributed by atoms with Gasteiger partial charge in [-0.2, -0.15) is 4.98 Å². The minimum Gasteiger partial charge on any atom is -0.368 e. The van der Waals surface area contributed by atoms with Crippen LogP contribution < -0.4 is 11.1 Å². The van der Waals surface area contributed by atoms with Crippen LogP contribution in [0.1, 0.15) is 41.6 Å². The highest BCUT2D eigenvalue weighted by Gasteiger charge is 2.04. The molecule has 140 valence electrons. The van der Waals surface area contributed by atoms with E-state index in [-0.39, 0.29) is 0 Å². The third-order valence-corrected chi connectivity index (χ3v) is 4.76. The molecule has 0 spiro atoms. The van der Waals surface area contributed by atoms with Crippen molar-refractivity contribution in [2.24, 2.45) is 0 Å². The van der Waals surface area contributed by atoms with Crippen molar-refractivity contribution in [2.45, 2.75) is 46.0 Å². The van der Waals surface area contributed by atoms with Crippen LogP contribution in [0.3, 0.4) is 0 Å². The van der Waals surface area contributed by atoms with Crippen molar-refractivity contribution in [1.82, 2.24) is 9.97 Å². The highest BCUT2D eigenvalue weighted by Crippen LogP contribution is 2.18. The Morgan fingerprint density at radius 1 is 0.852 bits per heavy atom. The molecule has 0 bridgehead atoms.